The smallest absolute Gasteiger partial charge is 0.335 e. The summed E-state index contributed by atoms with van der Waals surface area (Å²) in [6.07, 6.45) is 1.37. The first kappa shape index (κ1) is 23.7. The van der Waals surface area contributed by atoms with Crippen LogP contribution in [0, 0.1) is 6.92 Å². The number of nitrogens with zero attached hydrogens (tertiary/aromatic N) is 1. The Morgan fingerprint density at radius 3 is 2.49 bits per heavy atom. The molecule has 0 atom stereocenters. The standard InChI is InChI=1S/C26H20ClN3O5/c1-16-5-2-3-8-22(16)28-23(31)15-35-20-11-9-17(10-12-20)13-21-24(32)29-26(34)30(25(21)33)19-7-4-6-18(27)14-19/h2-14H,15H2,1H3,(H,28,31)(H,29,32,34)/b21-13+. The first-order valence-corrected chi connectivity index (χ1v) is 10.9. The fraction of sp³-hybridized carbons (Fsp3) is 0.0769. The van der Waals surface area contributed by atoms with Gasteiger partial charge in [0.1, 0.15) is 11.3 Å². The van der Waals surface area contributed by atoms with Gasteiger partial charge in [-0.1, -0.05) is 48.0 Å². The number of carbonyl (C=O) groups excluding carboxylic acids is 4. The monoisotopic (exact) mass is 489 g/mol. The summed E-state index contributed by atoms with van der Waals surface area (Å²) in [6.45, 7) is 1.71. The van der Waals surface area contributed by atoms with E-state index in [0.717, 1.165) is 10.5 Å². The molecule has 35 heavy (non-hydrogen) atoms. The van der Waals surface area contributed by atoms with Crippen LogP contribution in [0.2, 0.25) is 5.02 Å². The Labute approximate surface area is 206 Å². The minimum Gasteiger partial charge on any atom is -0.484 e. The molecule has 0 spiro atoms. The average molecular weight is 490 g/mol. The summed E-state index contributed by atoms with van der Waals surface area (Å²) in [5.41, 5.74) is 2.21. The molecule has 1 saturated heterocycles. The molecule has 5 amide bonds. The van der Waals surface area contributed by atoms with Crippen LogP contribution in [0.15, 0.2) is 78.4 Å². The summed E-state index contributed by atoms with van der Waals surface area (Å²) in [4.78, 5) is 50.6. The van der Waals surface area contributed by atoms with Crippen molar-refractivity contribution in [2.75, 3.05) is 16.8 Å². The number of urea groups is 1. The lowest BCUT2D eigenvalue weighted by Gasteiger charge is -2.26. The van der Waals surface area contributed by atoms with Gasteiger partial charge in [-0.15, -0.1) is 0 Å². The number of barbiturate groups is 1. The predicted molar refractivity (Wildman–Crippen MR) is 132 cm³/mol. The van der Waals surface area contributed by atoms with Gasteiger partial charge in [0.25, 0.3) is 17.7 Å². The van der Waals surface area contributed by atoms with Crippen LogP contribution < -0.4 is 20.3 Å². The van der Waals surface area contributed by atoms with Gasteiger partial charge >= 0.3 is 6.03 Å². The Morgan fingerprint density at radius 2 is 1.77 bits per heavy atom. The number of ether oxygens (including phenoxy) is 1. The molecule has 0 bridgehead atoms. The van der Waals surface area contributed by atoms with E-state index in [1.807, 2.05) is 25.1 Å². The Kier molecular flexibility index (Phi) is 6.93. The summed E-state index contributed by atoms with van der Waals surface area (Å²) < 4.78 is 5.52. The highest BCUT2D eigenvalue weighted by Crippen LogP contribution is 2.25. The molecule has 176 valence electrons. The maximum atomic E-state index is 12.9. The first-order valence-electron chi connectivity index (χ1n) is 10.6. The Bertz CT molecular complexity index is 1350. The summed E-state index contributed by atoms with van der Waals surface area (Å²) >= 11 is 5.97. The van der Waals surface area contributed by atoms with Crippen molar-refractivity contribution < 1.29 is 23.9 Å². The Hall–Kier alpha value is -4.43. The second-order valence-electron chi connectivity index (χ2n) is 7.66. The molecular formula is C26H20ClN3O5. The molecule has 3 aromatic carbocycles. The fourth-order valence-corrected chi connectivity index (χ4v) is 3.57. The highest BCUT2D eigenvalue weighted by molar-refractivity contribution is 6.39. The van der Waals surface area contributed by atoms with Crippen molar-refractivity contribution in [3.05, 3.63) is 94.5 Å². The van der Waals surface area contributed by atoms with Crippen LogP contribution >= 0.6 is 11.6 Å². The molecule has 1 heterocycles. The number of aryl methyl sites for hydroxylation is 1. The largest absolute Gasteiger partial charge is 0.484 e. The van der Waals surface area contributed by atoms with E-state index in [-0.39, 0.29) is 23.8 Å². The zero-order valence-electron chi connectivity index (χ0n) is 18.6. The van der Waals surface area contributed by atoms with Gasteiger partial charge < -0.3 is 10.1 Å². The van der Waals surface area contributed by atoms with E-state index in [4.69, 9.17) is 16.3 Å². The zero-order chi connectivity index (χ0) is 24.9. The molecule has 8 nitrogen and oxygen atoms in total. The number of amides is 5. The predicted octanol–water partition coefficient (Wildman–Crippen LogP) is 4.33. The number of halogens is 1. The molecule has 1 aliphatic rings. The van der Waals surface area contributed by atoms with Gasteiger partial charge in [-0.2, -0.15) is 0 Å². The third-order valence-electron chi connectivity index (χ3n) is 5.15. The van der Waals surface area contributed by atoms with Gasteiger partial charge in [0.2, 0.25) is 0 Å². The van der Waals surface area contributed by atoms with Gasteiger partial charge in [-0.05, 0) is 60.5 Å². The van der Waals surface area contributed by atoms with Crippen LogP contribution in [0.1, 0.15) is 11.1 Å². The second kappa shape index (κ2) is 10.2. The number of hydrogen-bond acceptors (Lipinski definition) is 5. The van der Waals surface area contributed by atoms with Gasteiger partial charge in [0, 0.05) is 10.7 Å². The molecule has 0 unspecified atom stereocenters. The summed E-state index contributed by atoms with van der Waals surface area (Å²) in [5, 5.41) is 5.29. The molecule has 9 heteroatoms. The number of benzene rings is 3. The Balaban J connectivity index is 1.44. The SMILES string of the molecule is Cc1ccccc1NC(=O)COc1ccc(/C=C2\C(=O)NC(=O)N(c3cccc(Cl)c3)C2=O)cc1. The number of hydrogen-bond donors (Lipinski definition) is 2. The number of nitrogens with one attached hydrogen (secondary N) is 2. The number of imide groups is 2. The molecule has 2 N–H and O–H groups in total. The molecule has 0 saturated carbocycles. The summed E-state index contributed by atoms with van der Waals surface area (Å²) in [6, 6.07) is 19.2. The topological polar surface area (TPSA) is 105 Å². The molecular weight excluding hydrogens is 470 g/mol. The maximum absolute atomic E-state index is 12.9. The van der Waals surface area contributed by atoms with Crippen LogP contribution in [-0.4, -0.2) is 30.4 Å². The third kappa shape index (κ3) is 5.56. The van der Waals surface area contributed by atoms with Crippen LogP contribution in [0.25, 0.3) is 6.08 Å². The fourth-order valence-electron chi connectivity index (χ4n) is 3.38. The number of anilines is 2. The van der Waals surface area contributed by atoms with Crippen LogP contribution in [0.3, 0.4) is 0 Å². The van der Waals surface area contributed by atoms with E-state index in [1.165, 1.54) is 18.2 Å². The number of carbonyl (C=O) groups is 4. The van der Waals surface area contributed by atoms with Crippen LogP contribution in [0.4, 0.5) is 16.2 Å². The number of para-hydroxylation sites is 1. The molecule has 3 aromatic rings. The van der Waals surface area contributed by atoms with Gasteiger partial charge in [0.05, 0.1) is 5.69 Å². The van der Waals surface area contributed by atoms with Crippen molar-refractivity contribution in [1.29, 1.82) is 0 Å². The van der Waals surface area contributed by atoms with E-state index in [2.05, 4.69) is 10.6 Å². The molecule has 0 aromatic heterocycles. The first-order chi connectivity index (χ1) is 16.8. The van der Waals surface area contributed by atoms with Crippen molar-refractivity contribution in [3.8, 4) is 5.75 Å². The molecule has 1 aliphatic heterocycles. The van der Waals surface area contributed by atoms with Gasteiger partial charge in [-0.25, -0.2) is 9.69 Å². The molecule has 1 fully saturated rings. The van der Waals surface area contributed by atoms with Crippen molar-refractivity contribution >= 4 is 52.8 Å². The molecule has 0 aliphatic carbocycles. The van der Waals surface area contributed by atoms with E-state index in [1.54, 1.807) is 42.5 Å². The van der Waals surface area contributed by atoms with E-state index >= 15 is 0 Å². The van der Waals surface area contributed by atoms with Crippen molar-refractivity contribution in [1.82, 2.24) is 5.32 Å². The average Bonchev–Trinajstić information content (AvgIpc) is 2.82. The maximum Gasteiger partial charge on any atom is 0.335 e. The van der Waals surface area contributed by atoms with Crippen LogP contribution in [-0.2, 0) is 14.4 Å². The van der Waals surface area contributed by atoms with Gasteiger partial charge in [-0.3, -0.25) is 19.7 Å². The van der Waals surface area contributed by atoms with E-state index in [0.29, 0.717) is 22.0 Å². The van der Waals surface area contributed by atoms with Crippen molar-refractivity contribution in [2.45, 2.75) is 6.92 Å². The Morgan fingerprint density at radius 1 is 1.03 bits per heavy atom. The lowest BCUT2D eigenvalue weighted by molar-refractivity contribution is -0.122. The third-order valence-corrected chi connectivity index (χ3v) is 5.38. The highest BCUT2D eigenvalue weighted by Gasteiger charge is 2.36. The van der Waals surface area contributed by atoms with Crippen LogP contribution in [0.5, 0.6) is 5.75 Å². The van der Waals surface area contributed by atoms with Gasteiger partial charge in [0.15, 0.2) is 6.61 Å². The van der Waals surface area contributed by atoms with E-state index < -0.39 is 17.8 Å². The normalized spacial score (nSPS) is 14.6. The van der Waals surface area contributed by atoms with Crippen molar-refractivity contribution in [2.24, 2.45) is 0 Å². The summed E-state index contributed by atoms with van der Waals surface area (Å²) in [5.74, 6) is -1.44. The second-order valence-corrected chi connectivity index (χ2v) is 8.09. The minimum atomic E-state index is -0.855. The zero-order valence-corrected chi connectivity index (χ0v) is 19.3. The molecule has 0 radical (unpaired) electrons. The lowest BCUT2D eigenvalue weighted by atomic mass is 10.1. The number of rotatable bonds is 6. The minimum absolute atomic E-state index is 0.188. The van der Waals surface area contributed by atoms with Crippen molar-refractivity contribution in [3.63, 3.8) is 0 Å². The van der Waals surface area contributed by atoms with E-state index in [9.17, 15) is 19.2 Å². The highest BCUT2D eigenvalue weighted by atomic mass is 35.5. The molecule has 4 rings (SSSR count). The quantitative estimate of drug-likeness (QED) is 0.396. The lowest BCUT2D eigenvalue weighted by Crippen LogP contribution is -2.54. The summed E-state index contributed by atoms with van der Waals surface area (Å²) in [7, 11) is 0.